The van der Waals surface area contributed by atoms with Gasteiger partial charge in [0, 0.05) is 25.2 Å². The molecule has 4 heteroatoms. The summed E-state index contributed by atoms with van der Waals surface area (Å²) in [5.74, 6) is 0.711. The van der Waals surface area contributed by atoms with Crippen LogP contribution in [0.2, 0.25) is 0 Å². The summed E-state index contributed by atoms with van der Waals surface area (Å²) < 4.78 is 0. The molecule has 1 aromatic rings. The van der Waals surface area contributed by atoms with Crippen molar-refractivity contribution in [3.63, 3.8) is 0 Å². The Morgan fingerprint density at radius 1 is 1.23 bits per heavy atom. The van der Waals surface area contributed by atoms with Gasteiger partial charge in [-0.3, -0.25) is 4.90 Å². The fourth-order valence-corrected chi connectivity index (χ4v) is 5.05. The molecule has 4 rings (SSSR count). The van der Waals surface area contributed by atoms with Gasteiger partial charge < -0.3 is 15.5 Å². The fourth-order valence-electron chi connectivity index (χ4n) is 5.05. The summed E-state index contributed by atoms with van der Waals surface area (Å²) in [6.07, 6.45) is 7.28. The molecule has 4 nitrogen and oxygen atoms in total. The lowest BCUT2D eigenvalue weighted by Crippen LogP contribution is -2.69. The van der Waals surface area contributed by atoms with Gasteiger partial charge >= 0.3 is 0 Å². The molecular formula is C22H32N2O2. The number of hydrogen-bond acceptors (Lipinski definition) is 4. The molecule has 1 aromatic carbocycles. The van der Waals surface area contributed by atoms with Crippen molar-refractivity contribution >= 4 is 6.08 Å². The predicted molar refractivity (Wildman–Crippen MR) is 105 cm³/mol. The summed E-state index contributed by atoms with van der Waals surface area (Å²) in [7, 11) is 0. The number of benzene rings is 1. The molecule has 3 aliphatic rings. The Bertz CT molecular complexity index is 627. The molecule has 0 radical (unpaired) electrons. The van der Waals surface area contributed by atoms with Crippen LogP contribution in [0.15, 0.2) is 35.9 Å². The van der Waals surface area contributed by atoms with Crippen molar-refractivity contribution in [3.8, 4) is 0 Å². The zero-order chi connectivity index (χ0) is 18.1. The minimum absolute atomic E-state index is 0.0596. The molecule has 3 N–H and O–H groups in total. The van der Waals surface area contributed by atoms with E-state index in [0.29, 0.717) is 23.4 Å². The highest BCUT2D eigenvalue weighted by Crippen LogP contribution is 2.50. The van der Waals surface area contributed by atoms with E-state index in [4.69, 9.17) is 0 Å². The van der Waals surface area contributed by atoms with Gasteiger partial charge in [-0.1, -0.05) is 48.9 Å². The summed E-state index contributed by atoms with van der Waals surface area (Å²) >= 11 is 0. The Kier molecular flexibility index (Phi) is 5.20. The second kappa shape index (κ2) is 7.43. The quantitative estimate of drug-likeness (QED) is 0.669. The first-order valence-corrected chi connectivity index (χ1v) is 10.1. The number of likely N-dealkylation sites (tertiary alicyclic amines) is 1. The van der Waals surface area contributed by atoms with E-state index in [2.05, 4.69) is 53.5 Å². The van der Waals surface area contributed by atoms with Crippen molar-refractivity contribution in [2.24, 2.45) is 11.3 Å². The van der Waals surface area contributed by atoms with Crippen LogP contribution in [0.25, 0.3) is 6.08 Å². The number of aliphatic hydroxyl groups excluding tert-OH is 2. The topological polar surface area (TPSA) is 55.7 Å². The predicted octanol–water partition coefficient (Wildman–Crippen LogP) is 2.28. The van der Waals surface area contributed by atoms with Crippen LogP contribution < -0.4 is 5.32 Å². The first kappa shape index (κ1) is 18.2. The molecule has 26 heavy (non-hydrogen) atoms. The molecule has 2 atom stereocenters. The van der Waals surface area contributed by atoms with Crippen molar-refractivity contribution in [2.45, 2.75) is 50.7 Å². The maximum absolute atomic E-state index is 9.29. The molecule has 1 heterocycles. The molecule has 1 aliphatic heterocycles. The minimum Gasteiger partial charge on any atom is -0.395 e. The van der Waals surface area contributed by atoms with E-state index < -0.39 is 0 Å². The smallest absolute Gasteiger partial charge is 0.0609 e. The van der Waals surface area contributed by atoms with Crippen LogP contribution in [0.1, 0.15) is 38.2 Å². The van der Waals surface area contributed by atoms with Crippen LogP contribution in [0.3, 0.4) is 0 Å². The van der Waals surface area contributed by atoms with E-state index in [0.717, 1.165) is 19.5 Å². The van der Waals surface area contributed by atoms with E-state index in [1.807, 2.05) is 0 Å². The standard InChI is InChI=1S/C22H32N2O2/c1-2-17(8-16-6-4-3-5-7-16)20-9-21(20)23-18-10-22(11-18)14-24(15-22)19(12-25)13-26/h3-8,18-21,23,25-26H,2,9-15H2,1H3/b17-8+/t20-,21+/m1/s1. The molecule has 2 saturated carbocycles. The Hall–Kier alpha value is -1.20. The van der Waals surface area contributed by atoms with E-state index in [-0.39, 0.29) is 19.3 Å². The van der Waals surface area contributed by atoms with Crippen LogP contribution in [0.5, 0.6) is 0 Å². The number of hydrogen-bond donors (Lipinski definition) is 3. The molecular weight excluding hydrogens is 324 g/mol. The van der Waals surface area contributed by atoms with Crippen molar-refractivity contribution in [1.82, 2.24) is 10.2 Å². The Morgan fingerprint density at radius 3 is 2.54 bits per heavy atom. The monoisotopic (exact) mass is 356 g/mol. The third-order valence-electron chi connectivity index (χ3n) is 6.65. The Morgan fingerprint density at radius 2 is 1.92 bits per heavy atom. The number of nitrogens with one attached hydrogen (secondary N) is 1. The van der Waals surface area contributed by atoms with E-state index in [1.54, 1.807) is 5.57 Å². The van der Waals surface area contributed by atoms with Crippen LogP contribution in [-0.4, -0.2) is 59.5 Å². The molecule has 1 spiro atoms. The summed E-state index contributed by atoms with van der Waals surface area (Å²) in [6.45, 7) is 4.47. The number of aliphatic hydroxyl groups is 2. The van der Waals surface area contributed by atoms with Gasteiger partial charge in [0.25, 0.3) is 0 Å². The van der Waals surface area contributed by atoms with Crippen molar-refractivity contribution in [2.75, 3.05) is 26.3 Å². The van der Waals surface area contributed by atoms with Crippen molar-refractivity contribution in [1.29, 1.82) is 0 Å². The second-order valence-electron chi connectivity index (χ2n) is 8.63. The normalized spacial score (nSPS) is 28.2. The largest absolute Gasteiger partial charge is 0.395 e. The van der Waals surface area contributed by atoms with E-state index >= 15 is 0 Å². The van der Waals surface area contributed by atoms with Gasteiger partial charge in [0.15, 0.2) is 0 Å². The van der Waals surface area contributed by atoms with Crippen molar-refractivity contribution in [3.05, 3.63) is 41.5 Å². The fraction of sp³-hybridized carbons (Fsp3) is 0.636. The Balaban J connectivity index is 1.23. The zero-order valence-electron chi connectivity index (χ0n) is 15.8. The first-order valence-electron chi connectivity index (χ1n) is 10.1. The third kappa shape index (κ3) is 3.61. The molecule has 0 bridgehead atoms. The maximum atomic E-state index is 9.29. The number of rotatable bonds is 8. The van der Waals surface area contributed by atoms with Crippen LogP contribution in [0, 0.1) is 11.3 Å². The minimum atomic E-state index is -0.0596. The summed E-state index contributed by atoms with van der Waals surface area (Å²) in [5, 5.41) is 22.5. The molecule has 2 aliphatic carbocycles. The highest BCUT2D eigenvalue weighted by atomic mass is 16.3. The lowest BCUT2D eigenvalue weighted by atomic mass is 9.60. The highest BCUT2D eigenvalue weighted by Gasteiger charge is 2.54. The third-order valence-corrected chi connectivity index (χ3v) is 6.65. The molecule has 0 unspecified atom stereocenters. The van der Waals surface area contributed by atoms with Crippen LogP contribution in [0.4, 0.5) is 0 Å². The van der Waals surface area contributed by atoms with Gasteiger partial charge in [0.2, 0.25) is 0 Å². The summed E-state index contributed by atoms with van der Waals surface area (Å²) in [5.41, 5.74) is 3.35. The van der Waals surface area contributed by atoms with Crippen molar-refractivity contribution < 1.29 is 10.2 Å². The van der Waals surface area contributed by atoms with Gasteiger partial charge in [-0.2, -0.15) is 0 Å². The van der Waals surface area contributed by atoms with Gasteiger partial charge in [-0.15, -0.1) is 0 Å². The molecule has 0 amide bonds. The molecule has 3 fully saturated rings. The highest BCUT2D eigenvalue weighted by molar-refractivity contribution is 5.54. The number of nitrogens with zero attached hydrogens (tertiary/aromatic N) is 1. The van der Waals surface area contributed by atoms with Gasteiger partial charge in [0.05, 0.1) is 19.3 Å². The average Bonchev–Trinajstić information content (AvgIpc) is 3.36. The molecule has 0 aromatic heterocycles. The second-order valence-corrected chi connectivity index (χ2v) is 8.63. The lowest BCUT2D eigenvalue weighted by Gasteiger charge is -2.61. The lowest BCUT2D eigenvalue weighted by molar-refractivity contribution is -0.115. The molecule has 142 valence electrons. The first-order chi connectivity index (χ1) is 12.7. The van der Waals surface area contributed by atoms with Gasteiger partial charge in [0.1, 0.15) is 0 Å². The van der Waals surface area contributed by atoms with Gasteiger partial charge in [-0.05, 0) is 42.6 Å². The zero-order valence-corrected chi connectivity index (χ0v) is 15.8. The summed E-state index contributed by atoms with van der Waals surface area (Å²) in [6, 6.07) is 11.9. The Labute approximate surface area is 156 Å². The van der Waals surface area contributed by atoms with Crippen LogP contribution in [-0.2, 0) is 0 Å². The van der Waals surface area contributed by atoms with Gasteiger partial charge in [-0.25, -0.2) is 0 Å². The molecule has 1 saturated heterocycles. The van der Waals surface area contributed by atoms with E-state index in [9.17, 15) is 10.2 Å². The van der Waals surface area contributed by atoms with E-state index in [1.165, 1.54) is 24.8 Å². The summed E-state index contributed by atoms with van der Waals surface area (Å²) in [4.78, 5) is 2.23. The SMILES string of the molecule is CC/C(=C\c1ccccc1)[C@H]1C[C@@H]1NC1CC2(C1)CN(C(CO)CO)C2. The van der Waals surface area contributed by atoms with Crippen LogP contribution >= 0.6 is 0 Å². The average molecular weight is 357 g/mol. The maximum Gasteiger partial charge on any atom is 0.0609 e.